The number of amides is 1. The van der Waals surface area contributed by atoms with Gasteiger partial charge in [0.05, 0.1) is 13.2 Å². The first-order valence-electron chi connectivity index (χ1n) is 8.22. The highest BCUT2D eigenvalue weighted by molar-refractivity contribution is 5.76. The summed E-state index contributed by atoms with van der Waals surface area (Å²) in [6, 6.07) is 7.90. The van der Waals surface area contributed by atoms with Crippen molar-refractivity contribution in [2.45, 2.75) is 44.6 Å². The third-order valence-electron chi connectivity index (χ3n) is 5.50. The summed E-state index contributed by atoms with van der Waals surface area (Å²) >= 11 is 0. The SMILES string of the molecule is COc1cccc(CCC(=O)N2CCC3(CCC3O)CC2)c1. The van der Waals surface area contributed by atoms with E-state index in [9.17, 15) is 9.90 Å². The van der Waals surface area contributed by atoms with E-state index in [0.717, 1.165) is 56.5 Å². The number of methoxy groups -OCH3 is 1. The molecule has 0 aromatic heterocycles. The number of likely N-dealkylation sites (tertiary alicyclic amines) is 1. The van der Waals surface area contributed by atoms with Crippen LogP contribution in [0.25, 0.3) is 0 Å². The predicted octanol–water partition coefficient (Wildman–Crippen LogP) is 2.39. The lowest BCUT2D eigenvalue weighted by Crippen LogP contribution is -2.53. The topological polar surface area (TPSA) is 49.8 Å². The van der Waals surface area contributed by atoms with E-state index in [0.29, 0.717) is 6.42 Å². The largest absolute Gasteiger partial charge is 0.497 e. The maximum absolute atomic E-state index is 12.4. The van der Waals surface area contributed by atoms with Gasteiger partial charge >= 0.3 is 0 Å². The molecule has 4 heteroatoms. The van der Waals surface area contributed by atoms with Crippen molar-refractivity contribution in [2.24, 2.45) is 5.41 Å². The van der Waals surface area contributed by atoms with Crippen LogP contribution >= 0.6 is 0 Å². The van der Waals surface area contributed by atoms with Crippen molar-refractivity contribution in [3.05, 3.63) is 29.8 Å². The van der Waals surface area contributed by atoms with Crippen LogP contribution in [0.1, 0.15) is 37.7 Å². The molecule has 1 aliphatic heterocycles. The summed E-state index contributed by atoms with van der Waals surface area (Å²) in [5, 5.41) is 9.93. The van der Waals surface area contributed by atoms with E-state index < -0.39 is 0 Å². The van der Waals surface area contributed by atoms with Crippen LogP contribution in [0.15, 0.2) is 24.3 Å². The lowest BCUT2D eigenvalue weighted by Gasteiger charge is -2.51. The van der Waals surface area contributed by atoms with E-state index in [-0.39, 0.29) is 17.4 Å². The zero-order valence-corrected chi connectivity index (χ0v) is 13.3. The highest BCUT2D eigenvalue weighted by Gasteiger charge is 2.47. The van der Waals surface area contributed by atoms with Crippen molar-refractivity contribution in [2.75, 3.05) is 20.2 Å². The third kappa shape index (κ3) is 2.98. The van der Waals surface area contributed by atoms with Gasteiger partial charge in [0.25, 0.3) is 0 Å². The number of aliphatic hydroxyl groups is 1. The summed E-state index contributed by atoms with van der Waals surface area (Å²) in [7, 11) is 1.66. The first-order valence-corrected chi connectivity index (χ1v) is 8.22. The lowest BCUT2D eigenvalue weighted by atomic mass is 9.61. The second kappa shape index (κ2) is 6.29. The average molecular weight is 303 g/mol. The molecule has 120 valence electrons. The van der Waals surface area contributed by atoms with Crippen LogP contribution in [0.2, 0.25) is 0 Å². The van der Waals surface area contributed by atoms with Crippen molar-refractivity contribution in [3.63, 3.8) is 0 Å². The Kier molecular flexibility index (Phi) is 4.39. The number of carbonyl (C=O) groups excluding carboxylic acids is 1. The van der Waals surface area contributed by atoms with Crippen molar-refractivity contribution < 1.29 is 14.6 Å². The first kappa shape index (κ1) is 15.3. The highest BCUT2D eigenvalue weighted by atomic mass is 16.5. The van der Waals surface area contributed by atoms with Gasteiger partial charge in [0.15, 0.2) is 0 Å². The van der Waals surface area contributed by atoms with Gasteiger partial charge in [0.1, 0.15) is 5.75 Å². The van der Waals surface area contributed by atoms with Crippen LogP contribution in [0.3, 0.4) is 0 Å². The smallest absolute Gasteiger partial charge is 0.222 e. The van der Waals surface area contributed by atoms with Gasteiger partial charge in [-0.25, -0.2) is 0 Å². The molecule has 1 aliphatic carbocycles. The quantitative estimate of drug-likeness (QED) is 0.929. The van der Waals surface area contributed by atoms with Gasteiger partial charge in [-0.15, -0.1) is 0 Å². The number of aryl methyl sites for hydroxylation is 1. The van der Waals surface area contributed by atoms with Crippen molar-refractivity contribution >= 4 is 5.91 Å². The molecule has 3 rings (SSSR count). The molecule has 22 heavy (non-hydrogen) atoms. The second-order valence-corrected chi connectivity index (χ2v) is 6.65. The Labute approximate surface area is 132 Å². The molecule has 0 bridgehead atoms. The number of ether oxygens (including phenoxy) is 1. The zero-order valence-electron chi connectivity index (χ0n) is 13.3. The van der Waals surface area contributed by atoms with Crippen LogP contribution < -0.4 is 4.74 Å². The van der Waals surface area contributed by atoms with Crippen LogP contribution in [-0.2, 0) is 11.2 Å². The van der Waals surface area contributed by atoms with Crippen molar-refractivity contribution in [1.82, 2.24) is 4.90 Å². The van der Waals surface area contributed by atoms with E-state index in [2.05, 4.69) is 0 Å². The lowest BCUT2D eigenvalue weighted by molar-refractivity contribution is -0.141. The summed E-state index contributed by atoms with van der Waals surface area (Å²) < 4.78 is 5.21. The minimum atomic E-state index is -0.137. The fraction of sp³-hybridized carbons (Fsp3) is 0.611. The van der Waals surface area contributed by atoms with Gasteiger partial charge in [-0.2, -0.15) is 0 Å². The maximum Gasteiger partial charge on any atom is 0.222 e. The molecule has 1 saturated heterocycles. The second-order valence-electron chi connectivity index (χ2n) is 6.65. The molecule has 4 nitrogen and oxygen atoms in total. The standard InChI is InChI=1S/C18H25NO3/c1-22-15-4-2-3-14(13-15)5-6-17(21)19-11-9-18(10-12-19)8-7-16(18)20/h2-4,13,16,20H,5-12H2,1H3. The van der Waals surface area contributed by atoms with Gasteiger partial charge in [-0.05, 0) is 55.2 Å². The number of hydrogen-bond donors (Lipinski definition) is 1. The van der Waals surface area contributed by atoms with Gasteiger partial charge in [0.2, 0.25) is 5.91 Å². The van der Waals surface area contributed by atoms with Gasteiger partial charge < -0.3 is 14.7 Å². The molecular formula is C18H25NO3. The number of nitrogens with zero attached hydrogens (tertiary/aromatic N) is 1. The summed E-state index contributed by atoms with van der Waals surface area (Å²) in [5.74, 6) is 1.07. The number of hydrogen-bond acceptors (Lipinski definition) is 3. The van der Waals surface area contributed by atoms with E-state index in [1.54, 1.807) is 7.11 Å². The Morgan fingerprint density at radius 2 is 2.14 bits per heavy atom. The number of aliphatic hydroxyl groups excluding tert-OH is 1. The van der Waals surface area contributed by atoms with Crippen LogP contribution in [0, 0.1) is 5.41 Å². The zero-order chi connectivity index (χ0) is 15.6. The Balaban J connectivity index is 1.48. The van der Waals surface area contributed by atoms with Gasteiger partial charge in [-0.3, -0.25) is 4.79 Å². The molecule has 1 saturated carbocycles. The van der Waals surface area contributed by atoms with E-state index in [1.165, 1.54) is 0 Å². The molecule has 1 spiro atoms. The molecule has 1 aromatic rings. The molecule has 1 N–H and O–H groups in total. The third-order valence-corrected chi connectivity index (χ3v) is 5.50. The maximum atomic E-state index is 12.4. The normalized spacial score (nSPS) is 23.2. The van der Waals surface area contributed by atoms with Crippen LogP contribution in [0.5, 0.6) is 5.75 Å². The van der Waals surface area contributed by atoms with Gasteiger partial charge in [-0.1, -0.05) is 12.1 Å². The summed E-state index contributed by atoms with van der Waals surface area (Å²) in [6.45, 7) is 1.60. The van der Waals surface area contributed by atoms with Gasteiger partial charge in [0, 0.05) is 19.5 Å². The summed E-state index contributed by atoms with van der Waals surface area (Å²) in [6.07, 6.45) is 5.13. The van der Waals surface area contributed by atoms with Crippen molar-refractivity contribution in [1.29, 1.82) is 0 Å². The average Bonchev–Trinajstić information content (AvgIpc) is 2.58. The van der Waals surface area contributed by atoms with Crippen molar-refractivity contribution in [3.8, 4) is 5.75 Å². The van der Waals surface area contributed by atoms with Crippen LogP contribution in [-0.4, -0.2) is 42.2 Å². The van der Waals surface area contributed by atoms with Crippen LogP contribution in [0.4, 0.5) is 0 Å². The molecule has 1 amide bonds. The molecule has 2 fully saturated rings. The fourth-order valence-electron chi connectivity index (χ4n) is 3.70. The Morgan fingerprint density at radius 3 is 2.73 bits per heavy atom. The minimum absolute atomic E-state index is 0.129. The molecule has 1 heterocycles. The monoisotopic (exact) mass is 303 g/mol. The Morgan fingerprint density at radius 1 is 1.36 bits per heavy atom. The first-order chi connectivity index (χ1) is 10.6. The van der Waals surface area contributed by atoms with E-state index in [1.807, 2.05) is 29.2 Å². The molecule has 1 atom stereocenters. The van der Waals surface area contributed by atoms with E-state index in [4.69, 9.17) is 4.74 Å². The minimum Gasteiger partial charge on any atom is -0.497 e. The fourth-order valence-corrected chi connectivity index (χ4v) is 3.70. The molecule has 0 radical (unpaired) electrons. The Bertz CT molecular complexity index is 535. The Hall–Kier alpha value is -1.55. The predicted molar refractivity (Wildman–Crippen MR) is 84.8 cm³/mol. The summed E-state index contributed by atoms with van der Waals surface area (Å²) in [4.78, 5) is 14.3. The number of piperidine rings is 1. The number of rotatable bonds is 4. The summed E-state index contributed by atoms with van der Waals surface area (Å²) in [5.41, 5.74) is 1.26. The molecule has 2 aliphatic rings. The molecular weight excluding hydrogens is 278 g/mol. The number of carbonyl (C=O) groups is 1. The highest BCUT2D eigenvalue weighted by Crippen LogP contribution is 2.49. The molecule has 1 aromatic carbocycles. The number of benzene rings is 1. The van der Waals surface area contributed by atoms with E-state index >= 15 is 0 Å². The molecule has 1 unspecified atom stereocenters.